The first-order chi connectivity index (χ1) is 10.1. The lowest BCUT2D eigenvalue weighted by Crippen LogP contribution is -2.55. The van der Waals surface area contributed by atoms with Crippen LogP contribution in [-0.4, -0.2) is 42.9 Å². The zero-order valence-corrected chi connectivity index (χ0v) is 13.0. The molecule has 0 aliphatic carbocycles. The maximum Gasteiger partial charge on any atom is 0.375 e. The van der Waals surface area contributed by atoms with Gasteiger partial charge in [-0.05, 0) is 20.3 Å². The standard InChI is InChI=1S/C13H18F6O4/c1-5-10(2,3)9(21)22-6-8(20)23-7-12(16,17)13(18,19)11(4,14)15/h5-7H2,1-4H3. The Morgan fingerprint density at radius 3 is 1.78 bits per heavy atom. The second-order valence-corrected chi connectivity index (χ2v) is 5.64. The summed E-state index contributed by atoms with van der Waals surface area (Å²) >= 11 is 0. The van der Waals surface area contributed by atoms with Crippen molar-refractivity contribution in [3.63, 3.8) is 0 Å². The van der Waals surface area contributed by atoms with E-state index in [2.05, 4.69) is 9.47 Å². The van der Waals surface area contributed by atoms with Crippen LogP contribution in [0.25, 0.3) is 0 Å². The average molecular weight is 352 g/mol. The van der Waals surface area contributed by atoms with E-state index in [1.165, 1.54) is 13.8 Å². The number of halogens is 6. The molecule has 0 unspecified atom stereocenters. The predicted octanol–water partition coefficient (Wildman–Crippen LogP) is 3.43. The topological polar surface area (TPSA) is 52.6 Å². The third-order valence-electron chi connectivity index (χ3n) is 3.18. The number of ether oxygens (including phenoxy) is 2. The quantitative estimate of drug-likeness (QED) is 0.496. The van der Waals surface area contributed by atoms with E-state index in [1.807, 2.05) is 0 Å². The van der Waals surface area contributed by atoms with Crippen LogP contribution in [0.2, 0.25) is 0 Å². The first kappa shape index (κ1) is 21.5. The second-order valence-electron chi connectivity index (χ2n) is 5.64. The normalized spacial score (nSPS) is 13.7. The summed E-state index contributed by atoms with van der Waals surface area (Å²) in [5.41, 5.74) is -0.943. The predicted molar refractivity (Wildman–Crippen MR) is 66.5 cm³/mol. The molecule has 0 aliphatic heterocycles. The average Bonchev–Trinajstić information content (AvgIpc) is 2.40. The van der Waals surface area contributed by atoms with E-state index >= 15 is 0 Å². The molecule has 23 heavy (non-hydrogen) atoms. The van der Waals surface area contributed by atoms with Crippen LogP contribution in [0, 0.1) is 5.41 Å². The highest BCUT2D eigenvalue weighted by Gasteiger charge is 2.69. The van der Waals surface area contributed by atoms with Gasteiger partial charge in [-0.15, -0.1) is 0 Å². The van der Waals surface area contributed by atoms with Crippen LogP contribution < -0.4 is 0 Å². The van der Waals surface area contributed by atoms with Crippen LogP contribution in [0.15, 0.2) is 0 Å². The van der Waals surface area contributed by atoms with Gasteiger partial charge in [0.05, 0.1) is 5.41 Å². The van der Waals surface area contributed by atoms with Crippen LogP contribution in [0.1, 0.15) is 34.1 Å². The van der Waals surface area contributed by atoms with Gasteiger partial charge in [0.25, 0.3) is 0 Å². The van der Waals surface area contributed by atoms with Crippen molar-refractivity contribution >= 4 is 11.9 Å². The van der Waals surface area contributed by atoms with Gasteiger partial charge in [0.2, 0.25) is 0 Å². The molecule has 0 aromatic rings. The molecule has 4 nitrogen and oxygen atoms in total. The Balaban J connectivity index is 4.58. The van der Waals surface area contributed by atoms with E-state index in [1.54, 1.807) is 6.92 Å². The van der Waals surface area contributed by atoms with Crippen LogP contribution in [0.4, 0.5) is 26.3 Å². The Kier molecular flexibility index (Phi) is 6.51. The highest BCUT2D eigenvalue weighted by molar-refractivity contribution is 5.79. The number of carbonyl (C=O) groups is 2. The van der Waals surface area contributed by atoms with E-state index in [0.29, 0.717) is 6.42 Å². The number of hydrogen-bond donors (Lipinski definition) is 0. The van der Waals surface area contributed by atoms with Crippen LogP contribution in [0.3, 0.4) is 0 Å². The first-order valence-electron chi connectivity index (χ1n) is 6.55. The summed E-state index contributed by atoms with van der Waals surface area (Å²) in [6, 6.07) is 0. The highest BCUT2D eigenvalue weighted by Crippen LogP contribution is 2.45. The second kappa shape index (κ2) is 6.96. The Morgan fingerprint density at radius 1 is 0.913 bits per heavy atom. The molecule has 10 heteroatoms. The summed E-state index contributed by atoms with van der Waals surface area (Å²) in [4.78, 5) is 22.6. The van der Waals surface area contributed by atoms with E-state index in [-0.39, 0.29) is 6.92 Å². The van der Waals surface area contributed by atoms with Crippen molar-refractivity contribution in [1.82, 2.24) is 0 Å². The highest BCUT2D eigenvalue weighted by atomic mass is 19.3. The largest absolute Gasteiger partial charge is 0.456 e. The Labute approximate surface area is 129 Å². The minimum Gasteiger partial charge on any atom is -0.456 e. The van der Waals surface area contributed by atoms with Crippen LogP contribution in [-0.2, 0) is 19.1 Å². The molecule has 136 valence electrons. The van der Waals surface area contributed by atoms with E-state index in [0.717, 1.165) is 0 Å². The number of esters is 2. The van der Waals surface area contributed by atoms with Crippen LogP contribution >= 0.6 is 0 Å². The van der Waals surface area contributed by atoms with E-state index < -0.39 is 48.3 Å². The Bertz CT molecular complexity index is 442. The summed E-state index contributed by atoms with van der Waals surface area (Å²) in [7, 11) is 0. The van der Waals surface area contributed by atoms with Crippen molar-refractivity contribution in [3.8, 4) is 0 Å². The zero-order chi connectivity index (χ0) is 18.7. The van der Waals surface area contributed by atoms with Gasteiger partial charge in [0.15, 0.2) is 13.2 Å². The van der Waals surface area contributed by atoms with E-state index in [4.69, 9.17) is 0 Å². The number of carbonyl (C=O) groups excluding carboxylic acids is 2. The fraction of sp³-hybridized carbons (Fsp3) is 0.846. The third-order valence-corrected chi connectivity index (χ3v) is 3.18. The molecule has 0 amide bonds. The Morgan fingerprint density at radius 2 is 1.39 bits per heavy atom. The monoisotopic (exact) mass is 352 g/mol. The lowest BCUT2D eigenvalue weighted by Gasteiger charge is -2.30. The fourth-order valence-corrected chi connectivity index (χ4v) is 1.09. The molecular weight excluding hydrogens is 334 g/mol. The van der Waals surface area contributed by atoms with Crippen molar-refractivity contribution in [2.24, 2.45) is 5.41 Å². The number of rotatable bonds is 8. The summed E-state index contributed by atoms with van der Waals surface area (Å²) in [6.07, 6.45) is 0.358. The molecular formula is C13H18F6O4. The molecule has 0 fully saturated rings. The zero-order valence-electron chi connectivity index (χ0n) is 13.0. The minimum atomic E-state index is -5.71. The van der Waals surface area contributed by atoms with Gasteiger partial charge < -0.3 is 9.47 Å². The maximum atomic E-state index is 13.1. The molecule has 0 saturated carbocycles. The molecule has 0 saturated heterocycles. The third kappa shape index (κ3) is 5.28. The van der Waals surface area contributed by atoms with Crippen molar-refractivity contribution in [1.29, 1.82) is 0 Å². The summed E-state index contributed by atoms with van der Waals surface area (Å²) in [5, 5.41) is 0. The van der Waals surface area contributed by atoms with E-state index in [9.17, 15) is 35.9 Å². The van der Waals surface area contributed by atoms with Crippen molar-refractivity contribution in [2.45, 2.75) is 51.9 Å². The van der Waals surface area contributed by atoms with Gasteiger partial charge >= 0.3 is 29.7 Å². The van der Waals surface area contributed by atoms with Gasteiger partial charge in [-0.3, -0.25) is 4.79 Å². The lowest BCUT2D eigenvalue weighted by molar-refractivity contribution is -0.311. The number of hydrogen-bond acceptors (Lipinski definition) is 4. The van der Waals surface area contributed by atoms with Gasteiger partial charge in [0, 0.05) is 6.92 Å². The summed E-state index contributed by atoms with van der Waals surface area (Å²) < 4.78 is 85.3. The van der Waals surface area contributed by atoms with Crippen molar-refractivity contribution in [3.05, 3.63) is 0 Å². The number of alkyl halides is 6. The SMILES string of the molecule is CCC(C)(C)C(=O)OCC(=O)OCC(F)(F)C(F)(F)C(C)(F)F. The fourth-order valence-electron chi connectivity index (χ4n) is 1.09. The van der Waals surface area contributed by atoms with Crippen molar-refractivity contribution in [2.75, 3.05) is 13.2 Å². The molecule has 0 N–H and O–H groups in total. The van der Waals surface area contributed by atoms with Gasteiger partial charge in [-0.1, -0.05) is 6.92 Å². The summed E-state index contributed by atoms with van der Waals surface area (Å²) in [6.45, 7) is 0.922. The molecule has 0 spiro atoms. The molecule has 0 rings (SSSR count). The molecule has 0 aliphatic rings. The molecule has 0 aromatic heterocycles. The molecule has 0 aromatic carbocycles. The summed E-state index contributed by atoms with van der Waals surface area (Å²) in [5.74, 6) is -18.4. The molecule has 0 radical (unpaired) electrons. The smallest absolute Gasteiger partial charge is 0.375 e. The van der Waals surface area contributed by atoms with Crippen LogP contribution in [0.5, 0.6) is 0 Å². The molecule has 0 bridgehead atoms. The minimum absolute atomic E-state index is 0.358. The van der Waals surface area contributed by atoms with Gasteiger partial charge in [-0.2, -0.15) is 26.3 Å². The van der Waals surface area contributed by atoms with Crippen molar-refractivity contribution < 1.29 is 45.4 Å². The molecule has 0 atom stereocenters. The van der Waals surface area contributed by atoms with Gasteiger partial charge in [0.1, 0.15) is 0 Å². The lowest BCUT2D eigenvalue weighted by atomic mass is 9.91. The molecule has 0 heterocycles. The van der Waals surface area contributed by atoms with Gasteiger partial charge in [-0.25, -0.2) is 4.79 Å². The first-order valence-corrected chi connectivity index (χ1v) is 6.55. The Hall–Kier alpha value is -1.48. The maximum absolute atomic E-state index is 13.1.